The number of phenolic OH excluding ortho intramolecular Hbond substituents is 1. The Bertz CT molecular complexity index is 757. The van der Waals surface area contributed by atoms with Crippen LogP contribution in [-0.2, 0) is 26.2 Å². The summed E-state index contributed by atoms with van der Waals surface area (Å²) in [6.45, 7) is 5.55. The molecule has 3 aliphatic rings. The second kappa shape index (κ2) is 4.00. The molecule has 3 unspecified atom stereocenters. The molecule has 3 atom stereocenters. The fraction of sp³-hybridized carbons (Fsp3) is 0.444. The molecule has 1 fully saturated rings. The number of ether oxygens (including phenoxy) is 1. The van der Waals surface area contributed by atoms with Crippen LogP contribution < -0.4 is 0 Å². The Kier molecular flexibility index (Phi) is 2.47. The Labute approximate surface area is 128 Å². The van der Waals surface area contributed by atoms with E-state index in [0.717, 1.165) is 16.7 Å². The Balaban J connectivity index is 1.93. The Morgan fingerprint density at radius 3 is 2.73 bits per heavy atom. The number of esters is 1. The van der Waals surface area contributed by atoms with E-state index in [1.54, 1.807) is 12.2 Å². The number of allylic oxidation sites excluding steroid dienone is 1. The number of hydrogen-bond acceptors (Lipinski definition) is 4. The zero-order chi connectivity index (χ0) is 15.8. The number of rotatable bonds is 0. The van der Waals surface area contributed by atoms with E-state index in [1.807, 2.05) is 26.8 Å². The maximum Gasteiger partial charge on any atom is 0.309 e. The van der Waals surface area contributed by atoms with E-state index in [2.05, 4.69) is 0 Å². The molecule has 1 aromatic carbocycles. The van der Waals surface area contributed by atoms with E-state index in [0.29, 0.717) is 12.0 Å². The fourth-order valence-electron chi connectivity index (χ4n) is 4.08. The first kappa shape index (κ1) is 13.6. The van der Waals surface area contributed by atoms with Crippen LogP contribution in [0.25, 0.3) is 6.08 Å². The van der Waals surface area contributed by atoms with Crippen molar-refractivity contribution in [2.45, 2.75) is 38.7 Å². The Hall–Kier alpha value is -2.10. The second-order valence-corrected chi connectivity index (χ2v) is 7.09. The van der Waals surface area contributed by atoms with Crippen molar-refractivity contribution in [1.29, 1.82) is 0 Å². The van der Waals surface area contributed by atoms with Gasteiger partial charge in [0.15, 0.2) is 5.78 Å². The van der Waals surface area contributed by atoms with Crippen LogP contribution in [0, 0.1) is 11.8 Å². The normalized spacial score (nSPS) is 30.8. The van der Waals surface area contributed by atoms with Gasteiger partial charge in [0.25, 0.3) is 0 Å². The van der Waals surface area contributed by atoms with Gasteiger partial charge in [-0.15, -0.1) is 0 Å². The van der Waals surface area contributed by atoms with Crippen LogP contribution in [0.2, 0.25) is 0 Å². The molecule has 1 N–H and O–H groups in total. The molecule has 0 radical (unpaired) electrons. The van der Waals surface area contributed by atoms with Gasteiger partial charge in [0.1, 0.15) is 11.9 Å². The molecule has 0 saturated carbocycles. The molecule has 0 bridgehead atoms. The zero-order valence-electron chi connectivity index (χ0n) is 12.8. The van der Waals surface area contributed by atoms with Gasteiger partial charge >= 0.3 is 5.97 Å². The number of benzene rings is 1. The SMILES string of the molecule is CC1C(=O)OC2c3cc4c(c(O)c3CC12)C(C)(C)C(=O)C=C4. The van der Waals surface area contributed by atoms with Gasteiger partial charge in [-0.05, 0) is 38.0 Å². The molecule has 4 heteroatoms. The van der Waals surface area contributed by atoms with Gasteiger partial charge in [-0.1, -0.05) is 13.0 Å². The van der Waals surface area contributed by atoms with Crippen LogP contribution in [0.3, 0.4) is 0 Å². The van der Waals surface area contributed by atoms with Crippen molar-refractivity contribution in [1.82, 2.24) is 0 Å². The van der Waals surface area contributed by atoms with Crippen molar-refractivity contribution < 1.29 is 19.4 Å². The summed E-state index contributed by atoms with van der Waals surface area (Å²) in [4.78, 5) is 23.9. The van der Waals surface area contributed by atoms with Crippen molar-refractivity contribution in [3.8, 4) is 5.75 Å². The van der Waals surface area contributed by atoms with Crippen LogP contribution in [-0.4, -0.2) is 16.9 Å². The molecule has 4 nitrogen and oxygen atoms in total. The minimum atomic E-state index is -0.733. The topological polar surface area (TPSA) is 63.6 Å². The van der Waals surface area contributed by atoms with Gasteiger partial charge in [0, 0.05) is 22.6 Å². The van der Waals surface area contributed by atoms with Gasteiger partial charge in [0.05, 0.1) is 11.3 Å². The lowest BCUT2D eigenvalue weighted by molar-refractivity contribution is -0.144. The number of carbonyl (C=O) groups excluding carboxylic acids is 2. The van der Waals surface area contributed by atoms with Gasteiger partial charge in [-0.25, -0.2) is 0 Å². The second-order valence-electron chi connectivity index (χ2n) is 7.09. The average Bonchev–Trinajstić information content (AvgIpc) is 2.93. The predicted molar refractivity (Wildman–Crippen MR) is 80.4 cm³/mol. The van der Waals surface area contributed by atoms with Crippen molar-refractivity contribution in [2.24, 2.45) is 11.8 Å². The summed E-state index contributed by atoms with van der Waals surface area (Å²) in [5.41, 5.74) is 2.54. The van der Waals surface area contributed by atoms with Crippen LogP contribution in [0.4, 0.5) is 0 Å². The fourth-order valence-corrected chi connectivity index (χ4v) is 4.08. The van der Waals surface area contributed by atoms with E-state index >= 15 is 0 Å². The van der Waals surface area contributed by atoms with Crippen molar-refractivity contribution in [2.75, 3.05) is 0 Å². The standard InChI is InChI=1S/C18H18O4/c1-8-10-7-11-12(16(10)22-17(8)21)6-9-4-5-13(19)18(2,3)14(9)15(11)20/h4-6,8,10,16,20H,7H2,1-3H3. The van der Waals surface area contributed by atoms with E-state index in [1.165, 1.54) is 0 Å². The minimum absolute atomic E-state index is 0.00626. The van der Waals surface area contributed by atoms with Gasteiger partial charge in [-0.3, -0.25) is 9.59 Å². The van der Waals surface area contributed by atoms with Crippen molar-refractivity contribution >= 4 is 17.8 Å². The van der Waals surface area contributed by atoms with Crippen LogP contribution in [0.5, 0.6) is 5.75 Å². The predicted octanol–water partition coefficient (Wildman–Crippen LogP) is 2.67. The quantitative estimate of drug-likeness (QED) is 0.748. The van der Waals surface area contributed by atoms with Crippen LogP contribution >= 0.6 is 0 Å². The number of carbonyl (C=O) groups is 2. The first-order chi connectivity index (χ1) is 10.3. The highest BCUT2D eigenvalue weighted by molar-refractivity contribution is 6.05. The number of hydrogen-bond donors (Lipinski definition) is 1. The summed E-state index contributed by atoms with van der Waals surface area (Å²) in [6.07, 6.45) is 3.67. The molecule has 22 heavy (non-hydrogen) atoms. The highest BCUT2D eigenvalue weighted by Gasteiger charge is 2.49. The summed E-state index contributed by atoms with van der Waals surface area (Å²) in [5, 5.41) is 10.8. The largest absolute Gasteiger partial charge is 0.507 e. The van der Waals surface area contributed by atoms with Crippen molar-refractivity contribution in [3.05, 3.63) is 34.4 Å². The molecular formula is C18H18O4. The summed E-state index contributed by atoms with van der Waals surface area (Å²) in [5.74, 6) is -0.0379. The summed E-state index contributed by atoms with van der Waals surface area (Å²) < 4.78 is 5.50. The molecule has 0 aromatic heterocycles. The summed E-state index contributed by atoms with van der Waals surface area (Å²) in [7, 11) is 0. The van der Waals surface area contributed by atoms with E-state index in [9.17, 15) is 14.7 Å². The third kappa shape index (κ3) is 1.47. The number of fused-ring (bicyclic) bond motifs is 4. The molecule has 1 heterocycles. The number of ketones is 1. The highest BCUT2D eigenvalue weighted by atomic mass is 16.6. The van der Waals surface area contributed by atoms with Crippen molar-refractivity contribution in [3.63, 3.8) is 0 Å². The van der Waals surface area contributed by atoms with Gasteiger partial charge in [-0.2, -0.15) is 0 Å². The smallest absolute Gasteiger partial charge is 0.309 e. The third-order valence-electron chi connectivity index (χ3n) is 5.52. The van der Waals surface area contributed by atoms with E-state index < -0.39 is 5.41 Å². The third-order valence-corrected chi connectivity index (χ3v) is 5.52. The summed E-state index contributed by atoms with van der Waals surface area (Å²) >= 11 is 0. The number of phenols is 1. The maximum atomic E-state index is 12.2. The maximum absolute atomic E-state index is 12.2. The zero-order valence-corrected chi connectivity index (χ0v) is 12.8. The van der Waals surface area contributed by atoms with Gasteiger partial charge < -0.3 is 9.84 Å². The highest BCUT2D eigenvalue weighted by Crippen LogP contribution is 2.53. The average molecular weight is 298 g/mol. The molecular weight excluding hydrogens is 280 g/mol. The molecule has 1 aromatic rings. The van der Waals surface area contributed by atoms with Crippen LogP contribution in [0.15, 0.2) is 12.1 Å². The Morgan fingerprint density at radius 2 is 2.00 bits per heavy atom. The molecule has 1 saturated heterocycles. The molecule has 0 amide bonds. The minimum Gasteiger partial charge on any atom is -0.507 e. The molecule has 1 aliphatic heterocycles. The first-order valence-electron chi connectivity index (χ1n) is 7.64. The van der Waals surface area contributed by atoms with Crippen LogP contribution in [0.1, 0.15) is 49.1 Å². The lowest BCUT2D eigenvalue weighted by Gasteiger charge is -2.29. The van der Waals surface area contributed by atoms with Gasteiger partial charge in [0.2, 0.25) is 0 Å². The first-order valence-corrected chi connectivity index (χ1v) is 7.64. The molecule has 114 valence electrons. The lowest BCUT2D eigenvalue weighted by atomic mass is 9.73. The summed E-state index contributed by atoms with van der Waals surface area (Å²) in [6, 6.07) is 1.98. The number of aromatic hydroxyl groups is 1. The van der Waals surface area contributed by atoms with E-state index in [4.69, 9.17) is 4.74 Å². The Morgan fingerprint density at radius 1 is 1.27 bits per heavy atom. The molecule has 0 spiro atoms. The van der Waals surface area contributed by atoms with E-state index in [-0.39, 0.29) is 35.4 Å². The molecule has 4 rings (SSSR count). The molecule has 2 aliphatic carbocycles. The lowest BCUT2D eigenvalue weighted by Crippen LogP contribution is -2.31. The monoisotopic (exact) mass is 298 g/mol.